The Kier molecular flexibility index (Phi) is 1.84. The first-order valence-corrected chi connectivity index (χ1v) is 4.10. The topological polar surface area (TPSA) is 55.5 Å². The van der Waals surface area contributed by atoms with Crippen LogP contribution >= 0.6 is 0 Å². The zero-order chi connectivity index (χ0) is 9.42. The summed E-state index contributed by atoms with van der Waals surface area (Å²) < 4.78 is 18.3. The summed E-state index contributed by atoms with van der Waals surface area (Å²) in [5.41, 5.74) is 6.36. The zero-order valence-corrected chi connectivity index (χ0v) is 6.96. The van der Waals surface area contributed by atoms with Crippen LogP contribution in [0.2, 0.25) is 0 Å². The minimum Gasteiger partial charge on any atom is -0.505 e. The van der Waals surface area contributed by atoms with Crippen molar-refractivity contribution in [1.82, 2.24) is 0 Å². The third kappa shape index (κ3) is 1.23. The highest BCUT2D eigenvalue weighted by molar-refractivity contribution is 5.44. The van der Waals surface area contributed by atoms with Gasteiger partial charge in [-0.15, -0.1) is 0 Å². The fourth-order valence-electron chi connectivity index (χ4n) is 1.44. The molecule has 0 aromatic heterocycles. The van der Waals surface area contributed by atoms with Crippen LogP contribution in [0, 0.1) is 5.82 Å². The van der Waals surface area contributed by atoms with Gasteiger partial charge in [-0.1, -0.05) is 0 Å². The van der Waals surface area contributed by atoms with Crippen molar-refractivity contribution >= 4 is 0 Å². The fraction of sp³-hybridized carbons (Fsp3) is 0.333. The number of phenols is 1. The summed E-state index contributed by atoms with van der Waals surface area (Å²) in [5.74, 6) is -1.01. The maximum atomic E-state index is 13.2. The molecule has 0 amide bonds. The number of aromatic hydroxyl groups is 1. The number of hydrogen-bond donors (Lipinski definition) is 2. The van der Waals surface area contributed by atoms with Crippen LogP contribution in [0.3, 0.4) is 0 Å². The van der Waals surface area contributed by atoms with Crippen LogP contribution in [0.4, 0.5) is 4.39 Å². The average Bonchev–Trinajstić information content (AvgIpc) is 2.12. The lowest BCUT2D eigenvalue weighted by Gasteiger charge is -2.23. The van der Waals surface area contributed by atoms with Crippen molar-refractivity contribution in [1.29, 1.82) is 0 Å². The van der Waals surface area contributed by atoms with Gasteiger partial charge in [0, 0.05) is 18.0 Å². The highest BCUT2D eigenvalue weighted by atomic mass is 19.1. The minimum absolute atomic E-state index is 0.0961. The van der Waals surface area contributed by atoms with E-state index in [1.54, 1.807) is 6.07 Å². The van der Waals surface area contributed by atoms with Crippen molar-refractivity contribution in [3.05, 3.63) is 23.5 Å². The molecule has 3 N–H and O–H groups in total. The molecule has 0 saturated carbocycles. The largest absolute Gasteiger partial charge is 0.505 e. The van der Waals surface area contributed by atoms with Crippen LogP contribution in [0.1, 0.15) is 18.0 Å². The van der Waals surface area contributed by atoms with E-state index >= 15 is 0 Å². The van der Waals surface area contributed by atoms with Gasteiger partial charge < -0.3 is 15.6 Å². The predicted octanol–water partition coefficient (Wildman–Crippen LogP) is 1.31. The summed E-state index contributed by atoms with van der Waals surface area (Å²) in [6.45, 7) is 0.397. The molecular weight excluding hydrogens is 173 g/mol. The van der Waals surface area contributed by atoms with Crippen LogP contribution in [0.5, 0.6) is 11.5 Å². The van der Waals surface area contributed by atoms with Crippen LogP contribution < -0.4 is 10.5 Å². The van der Waals surface area contributed by atoms with Gasteiger partial charge >= 0.3 is 0 Å². The summed E-state index contributed by atoms with van der Waals surface area (Å²) >= 11 is 0. The number of benzene rings is 1. The summed E-state index contributed by atoms with van der Waals surface area (Å²) in [6.07, 6.45) is 0.678. The standard InChI is InChI=1S/C9H10FNO2/c10-8-7(12)2-1-5-6(11)3-4-13-9(5)8/h1-2,6,12H,3-4,11H2. The summed E-state index contributed by atoms with van der Waals surface area (Å²) in [5, 5.41) is 9.07. The van der Waals surface area contributed by atoms with E-state index in [1.807, 2.05) is 0 Å². The Balaban J connectivity index is 2.56. The quantitative estimate of drug-likeness (QED) is 0.637. The number of phenolic OH excluding ortho intramolecular Hbond substituents is 1. The SMILES string of the molecule is NC1CCOc2c1ccc(O)c2F. The van der Waals surface area contributed by atoms with E-state index in [9.17, 15) is 4.39 Å². The molecule has 1 aromatic rings. The lowest BCUT2D eigenvalue weighted by Crippen LogP contribution is -2.21. The normalized spacial score (nSPS) is 20.6. The van der Waals surface area contributed by atoms with Gasteiger partial charge in [0.05, 0.1) is 6.61 Å². The zero-order valence-electron chi connectivity index (χ0n) is 6.96. The summed E-state index contributed by atoms with van der Waals surface area (Å²) in [6, 6.07) is 2.69. The number of fused-ring (bicyclic) bond motifs is 1. The van der Waals surface area contributed by atoms with Crippen molar-refractivity contribution < 1.29 is 14.2 Å². The van der Waals surface area contributed by atoms with Gasteiger partial charge in [-0.3, -0.25) is 0 Å². The number of hydrogen-bond acceptors (Lipinski definition) is 3. The van der Waals surface area contributed by atoms with Crippen molar-refractivity contribution in [3.63, 3.8) is 0 Å². The maximum absolute atomic E-state index is 13.2. The summed E-state index contributed by atoms with van der Waals surface area (Å²) in [7, 11) is 0. The lowest BCUT2D eigenvalue weighted by atomic mass is 10.0. The Morgan fingerprint density at radius 2 is 2.31 bits per heavy atom. The van der Waals surface area contributed by atoms with Gasteiger partial charge in [-0.2, -0.15) is 4.39 Å². The molecule has 1 aromatic carbocycles. The van der Waals surface area contributed by atoms with Crippen molar-refractivity contribution in [2.24, 2.45) is 5.73 Å². The summed E-state index contributed by atoms with van der Waals surface area (Å²) in [4.78, 5) is 0. The Morgan fingerprint density at radius 3 is 3.08 bits per heavy atom. The van der Waals surface area contributed by atoms with Gasteiger partial charge in [0.1, 0.15) is 0 Å². The van der Waals surface area contributed by atoms with E-state index in [1.165, 1.54) is 6.07 Å². The van der Waals surface area contributed by atoms with Crippen molar-refractivity contribution in [2.45, 2.75) is 12.5 Å². The molecule has 0 aliphatic carbocycles. The monoisotopic (exact) mass is 183 g/mol. The molecule has 1 aliphatic rings. The lowest BCUT2D eigenvalue weighted by molar-refractivity contribution is 0.251. The minimum atomic E-state index is -0.715. The molecule has 1 heterocycles. The molecule has 3 nitrogen and oxygen atoms in total. The van der Waals surface area contributed by atoms with E-state index in [-0.39, 0.29) is 11.8 Å². The predicted molar refractivity (Wildman–Crippen MR) is 45.1 cm³/mol. The molecule has 1 atom stereocenters. The molecule has 1 unspecified atom stereocenters. The van der Waals surface area contributed by atoms with Crippen molar-refractivity contribution in [3.8, 4) is 11.5 Å². The molecule has 0 saturated heterocycles. The first-order valence-electron chi connectivity index (χ1n) is 4.10. The molecule has 0 spiro atoms. The number of ether oxygens (including phenoxy) is 1. The van der Waals surface area contributed by atoms with Crippen LogP contribution in [-0.4, -0.2) is 11.7 Å². The highest BCUT2D eigenvalue weighted by Gasteiger charge is 2.22. The Hall–Kier alpha value is -1.29. The van der Waals surface area contributed by atoms with Gasteiger partial charge in [-0.05, 0) is 12.1 Å². The molecule has 2 rings (SSSR count). The van der Waals surface area contributed by atoms with Crippen LogP contribution in [-0.2, 0) is 0 Å². The van der Waals surface area contributed by atoms with E-state index in [2.05, 4.69) is 0 Å². The smallest absolute Gasteiger partial charge is 0.206 e. The van der Waals surface area contributed by atoms with E-state index in [0.717, 1.165) is 0 Å². The van der Waals surface area contributed by atoms with Gasteiger partial charge in [0.25, 0.3) is 0 Å². The number of halogens is 1. The maximum Gasteiger partial charge on any atom is 0.206 e. The molecule has 1 aliphatic heterocycles. The van der Waals surface area contributed by atoms with Crippen LogP contribution in [0.25, 0.3) is 0 Å². The first kappa shape index (κ1) is 8.31. The van der Waals surface area contributed by atoms with E-state index in [0.29, 0.717) is 18.6 Å². The Labute approximate surface area is 74.9 Å². The van der Waals surface area contributed by atoms with Crippen LogP contribution in [0.15, 0.2) is 12.1 Å². The molecule has 0 bridgehead atoms. The van der Waals surface area contributed by atoms with E-state index in [4.69, 9.17) is 15.6 Å². The molecular formula is C9H10FNO2. The van der Waals surface area contributed by atoms with Crippen molar-refractivity contribution in [2.75, 3.05) is 6.61 Å². The number of rotatable bonds is 0. The van der Waals surface area contributed by atoms with Gasteiger partial charge in [0.15, 0.2) is 11.5 Å². The van der Waals surface area contributed by atoms with E-state index < -0.39 is 11.6 Å². The molecule has 0 fully saturated rings. The third-order valence-corrected chi connectivity index (χ3v) is 2.18. The van der Waals surface area contributed by atoms with Gasteiger partial charge in [0.2, 0.25) is 5.82 Å². The second-order valence-corrected chi connectivity index (χ2v) is 3.06. The third-order valence-electron chi connectivity index (χ3n) is 2.18. The Morgan fingerprint density at radius 1 is 1.54 bits per heavy atom. The average molecular weight is 183 g/mol. The fourth-order valence-corrected chi connectivity index (χ4v) is 1.44. The second-order valence-electron chi connectivity index (χ2n) is 3.06. The molecule has 4 heteroatoms. The Bertz CT molecular complexity index is 341. The molecule has 70 valence electrons. The molecule has 13 heavy (non-hydrogen) atoms. The second kappa shape index (κ2) is 2.88. The first-order chi connectivity index (χ1) is 6.20. The van der Waals surface area contributed by atoms with Gasteiger partial charge in [-0.25, -0.2) is 0 Å². The highest BCUT2D eigenvalue weighted by Crippen LogP contribution is 2.36. The molecule has 0 radical (unpaired) electrons. The number of nitrogens with two attached hydrogens (primary N) is 1.